The van der Waals surface area contributed by atoms with E-state index in [1.165, 1.54) is 10.5 Å². The van der Waals surface area contributed by atoms with E-state index in [1.54, 1.807) is 12.3 Å². The molecule has 0 aliphatic carbocycles. The number of benzene rings is 1. The first-order valence-corrected chi connectivity index (χ1v) is 11.8. The van der Waals surface area contributed by atoms with Gasteiger partial charge < -0.3 is 4.74 Å². The minimum Gasteiger partial charge on any atom is -0.379 e. The SMILES string of the molecule is CC(C)(C)c1ccc(-c2cc(C=C3SC(=O)N(CCN4CCOCC4)C3=O)ccn2)cc1. The number of nitrogens with zero attached hydrogens (tertiary/aromatic N) is 3. The van der Waals surface area contributed by atoms with E-state index in [2.05, 4.69) is 54.9 Å². The van der Waals surface area contributed by atoms with Gasteiger partial charge in [0.1, 0.15) is 0 Å². The molecule has 2 aliphatic rings. The molecule has 6 nitrogen and oxygen atoms in total. The van der Waals surface area contributed by atoms with E-state index in [-0.39, 0.29) is 16.6 Å². The van der Waals surface area contributed by atoms with Gasteiger partial charge in [-0.3, -0.25) is 24.4 Å². The highest BCUT2D eigenvalue weighted by Gasteiger charge is 2.35. The van der Waals surface area contributed by atoms with Crippen LogP contribution in [0.2, 0.25) is 0 Å². The minimum atomic E-state index is -0.221. The van der Waals surface area contributed by atoms with Crippen LogP contribution in [0.5, 0.6) is 0 Å². The minimum absolute atomic E-state index is 0.0957. The highest BCUT2D eigenvalue weighted by atomic mass is 32.2. The number of pyridine rings is 1. The van der Waals surface area contributed by atoms with Crippen molar-refractivity contribution < 1.29 is 14.3 Å². The Hall–Kier alpha value is -2.48. The second-order valence-electron chi connectivity index (χ2n) is 9.09. The third-order valence-electron chi connectivity index (χ3n) is 5.75. The molecule has 2 aromatic rings. The van der Waals surface area contributed by atoms with Crippen LogP contribution in [-0.4, -0.2) is 65.3 Å². The van der Waals surface area contributed by atoms with E-state index < -0.39 is 0 Å². The first-order chi connectivity index (χ1) is 15.3. The second-order valence-corrected chi connectivity index (χ2v) is 10.1. The molecule has 0 N–H and O–H groups in total. The molecule has 0 unspecified atom stereocenters. The van der Waals surface area contributed by atoms with Crippen LogP contribution < -0.4 is 0 Å². The van der Waals surface area contributed by atoms with Gasteiger partial charge in [-0.15, -0.1) is 0 Å². The van der Waals surface area contributed by atoms with Gasteiger partial charge in [-0.05, 0) is 46.5 Å². The number of morpholine rings is 1. The summed E-state index contributed by atoms with van der Waals surface area (Å²) in [6.07, 6.45) is 3.52. The Morgan fingerprint density at radius 2 is 1.78 bits per heavy atom. The summed E-state index contributed by atoms with van der Waals surface area (Å²) >= 11 is 1.00. The first-order valence-electron chi connectivity index (χ1n) is 10.9. The van der Waals surface area contributed by atoms with E-state index in [0.717, 1.165) is 41.7 Å². The van der Waals surface area contributed by atoms with Crippen LogP contribution >= 0.6 is 11.8 Å². The maximum atomic E-state index is 12.8. The summed E-state index contributed by atoms with van der Waals surface area (Å²) in [5.41, 5.74) is 4.08. The van der Waals surface area contributed by atoms with Gasteiger partial charge in [-0.25, -0.2) is 0 Å². The molecule has 7 heteroatoms. The highest BCUT2D eigenvalue weighted by molar-refractivity contribution is 8.18. The summed E-state index contributed by atoms with van der Waals surface area (Å²) in [5, 5.41) is -0.207. The Morgan fingerprint density at radius 1 is 1.06 bits per heavy atom. The maximum absolute atomic E-state index is 12.8. The number of thioether (sulfide) groups is 1. The quantitative estimate of drug-likeness (QED) is 0.628. The summed E-state index contributed by atoms with van der Waals surface area (Å²) in [6.45, 7) is 10.7. The molecule has 2 saturated heterocycles. The molecular weight excluding hydrogens is 422 g/mol. The molecular formula is C25H29N3O3S. The van der Waals surface area contributed by atoms with Crippen molar-refractivity contribution in [2.75, 3.05) is 39.4 Å². The van der Waals surface area contributed by atoms with Crippen molar-refractivity contribution in [2.45, 2.75) is 26.2 Å². The second kappa shape index (κ2) is 9.57. The molecule has 1 aromatic heterocycles. The largest absolute Gasteiger partial charge is 0.379 e. The lowest BCUT2D eigenvalue weighted by atomic mass is 9.86. The predicted molar refractivity (Wildman–Crippen MR) is 128 cm³/mol. The van der Waals surface area contributed by atoms with Crippen molar-refractivity contribution in [1.82, 2.24) is 14.8 Å². The average molecular weight is 452 g/mol. The van der Waals surface area contributed by atoms with Gasteiger partial charge in [0, 0.05) is 37.9 Å². The van der Waals surface area contributed by atoms with Gasteiger partial charge in [0.2, 0.25) is 0 Å². The molecule has 2 fully saturated rings. The molecule has 1 aromatic carbocycles. The Morgan fingerprint density at radius 3 is 2.47 bits per heavy atom. The molecule has 3 heterocycles. The standard InChI is InChI=1S/C25H29N3O3S/c1-25(2,3)20-6-4-19(5-7-20)21-16-18(8-9-26-21)17-22-23(29)28(24(30)32-22)11-10-27-12-14-31-15-13-27/h4-9,16-17H,10-15H2,1-3H3. The lowest BCUT2D eigenvalue weighted by Crippen LogP contribution is -2.42. The van der Waals surface area contributed by atoms with Gasteiger partial charge in [0.15, 0.2) is 0 Å². The van der Waals surface area contributed by atoms with Gasteiger partial charge in [-0.1, -0.05) is 45.0 Å². The molecule has 2 aliphatic heterocycles. The number of carbonyl (C=O) groups excluding carboxylic acids is 2. The number of carbonyl (C=O) groups is 2. The van der Waals surface area contributed by atoms with Crippen molar-refractivity contribution in [2.24, 2.45) is 0 Å². The fourth-order valence-electron chi connectivity index (χ4n) is 3.75. The zero-order chi connectivity index (χ0) is 22.7. The number of amides is 2. The topological polar surface area (TPSA) is 62.7 Å². The molecule has 2 amide bonds. The van der Waals surface area contributed by atoms with E-state index in [4.69, 9.17) is 4.74 Å². The smallest absolute Gasteiger partial charge is 0.293 e. The highest BCUT2D eigenvalue weighted by Crippen LogP contribution is 2.33. The van der Waals surface area contributed by atoms with E-state index in [1.807, 2.05) is 12.1 Å². The van der Waals surface area contributed by atoms with Crippen LogP contribution in [0.25, 0.3) is 17.3 Å². The average Bonchev–Trinajstić information content (AvgIpc) is 3.05. The monoisotopic (exact) mass is 451 g/mol. The van der Waals surface area contributed by atoms with Crippen LogP contribution in [-0.2, 0) is 14.9 Å². The fourth-order valence-corrected chi connectivity index (χ4v) is 4.61. The third-order valence-corrected chi connectivity index (χ3v) is 6.65. The zero-order valence-electron chi connectivity index (χ0n) is 18.8. The summed E-state index contributed by atoms with van der Waals surface area (Å²) in [5.74, 6) is -0.221. The molecule has 4 rings (SSSR count). The predicted octanol–water partition coefficient (Wildman–Crippen LogP) is 4.41. The van der Waals surface area contributed by atoms with Gasteiger partial charge in [0.05, 0.1) is 23.8 Å². The molecule has 0 radical (unpaired) electrons. The summed E-state index contributed by atoms with van der Waals surface area (Å²) in [7, 11) is 0. The molecule has 32 heavy (non-hydrogen) atoms. The number of hydrogen-bond donors (Lipinski definition) is 0. The normalized spacial score (nSPS) is 19.2. The fraction of sp³-hybridized carbons (Fsp3) is 0.400. The Kier molecular flexibility index (Phi) is 6.79. The van der Waals surface area contributed by atoms with Crippen molar-refractivity contribution >= 4 is 29.0 Å². The van der Waals surface area contributed by atoms with Crippen molar-refractivity contribution in [3.8, 4) is 11.3 Å². The van der Waals surface area contributed by atoms with Crippen LogP contribution in [0.4, 0.5) is 4.79 Å². The summed E-state index contributed by atoms with van der Waals surface area (Å²) < 4.78 is 5.35. The summed E-state index contributed by atoms with van der Waals surface area (Å²) in [6, 6.07) is 12.2. The van der Waals surface area contributed by atoms with Crippen LogP contribution in [0.1, 0.15) is 31.9 Å². The van der Waals surface area contributed by atoms with E-state index in [9.17, 15) is 9.59 Å². The number of hydrogen-bond acceptors (Lipinski definition) is 6. The van der Waals surface area contributed by atoms with Gasteiger partial charge in [-0.2, -0.15) is 0 Å². The van der Waals surface area contributed by atoms with Crippen molar-refractivity contribution in [1.29, 1.82) is 0 Å². The molecule has 168 valence electrons. The Balaban J connectivity index is 1.46. The van der Waals surface area contributed by atoms with Gasteiger partial charge in [0.25, 0.3) is 11.1 Å². The molecule has 0 atom stereocenters. The van der Waals surface area contributed by atoms with Gasteiger partial charge >= 0.3 is 0 Å². The van der Waals surface area contributed by atoms with Crippen LogP contribution in [0.3, 0.4) is 0 Å². The zero-order valence-corrected chi connectivity index (χ0v) is 19.7. The lowest BCUT2D eigenvalue weighted by molar-refractivity contribution is -0.123. The van der Waals surface area contributed by atoms with Crippen LogP contribution in [0.15, 0.2) is 47.5 Å². The number of imide groups is 1. The number of ether oxygens (including phenoxy) is 1. The maximum Gasteiger partial charge on any atom is 0.293 e. The van der Waals surface area contributed by atoms with E-state index >= 15 is 0 Å². The Labute approximate surface area is 193 Å². The third kappa shape index (κ3) is 5.28. The number of rotatable bonds is 5. The Bertz CT molecular complexity index is 1020. The molecule has 0 spiro atoms. The number of aromatic nitrogens is 1. The summed E-state index contributed by atoms with van der Waals surface area (Å²) in [4.78, 5) is 33.8. The van der Waals surface area contributed by atoms with E-state index in [0.29, 0.717) is 31.2 Å². The van der Waals surface area contributed by atoms with Crippen LogP contribution in [0, 0.1) is 0 Å². The lowest BCUT2D eigenvalue weighted by Gasteiger charge is -2.27. The molecule has 0 saturated carbocycles. The molecule has 0 bridgehead atoms. The van der Waals surface area contributed by atoms with Crippen molar-refractivity contribution in [3.63, 3.8) is 0 Å². The van der Waals surface area contributed by atoms with Crippen molar-refractivity contribution in [3.05, 3.63) is 58.6 Å². The first kappa shape index (κ1) is 22.7.